The topological polar surface area (TPSA) is 59.8 Å². The summed E-state index contributed by atoms with van der Waals surface area (Å²) in [4.78, 5) is 17.2. The molecule has 1 fully saturated rings. The predicted molar refractivity (Wildman–Crippen MR) is 79.4 cm³/mol. The number of amides is 1. The van der Waals surface area contributed by atoms with Crippen LogP contribution in [0.15, 0.2) is 12.3 Å². The molecule has 1 atom stereocenters. The van der Waals surface area contributed by atoms with Crippen LogP contribution in [0.2, 0.25) is 0 Å². The van der Waals surface area contributed by atoms with Gasteiger partial charge in [-0.3, -0.25) is 9.48 Å². The highest BCUT2D eigenvalue weighted by Crippen LogP contribution is 2.43. The molecule has 1 amide bonds. The lowest BCUT2D eigenvalue weighted by molar-refractivity contribution is -0.141. The third kappa shape index (κ3) is 3.39. The molecule has 124 valence electrons. The maximum absolute atomic E-state index is 12.9. The molecule has 1 aliphatic carbocycles. The smallest absolute Gasteiger partial charge is 0.300 e. The van der Waals surface area contributed by atoms with Crippen molar-refractivity contribution in [1.82, 2.24) is 14.8 Å². The summed E-state index contributed by atoms with van der Waals surface area (Å²) >= 11 is 1.31. The first-order chi connectivity index (χ1) is 10.8. The highest BCUT2D eigenvalue weighted by atomic mass is 32.1. The quantitative estimate of drug-likeness (QED) is 0.919. The Morgan fingerprint density at radius 2 is 2.17 bits per heavy atom. The van der Waals surface area contributed by atoms with Crippen LogP contribution in [0.5, 0.6) is 0 Å². The molecular formula is C14H15F3N4OS. The van der Waals surface area contributed by atoms with E-state index in [1.807, 2.05) is 6.92 Å². The van der Waals surface area contributed by atoms with Crippen LogP contribution in [0, 0.1) is 6.92 Å². The summed E-state index contributed by atoms with van der Waals surface area (Å²) in [5.74, 6) is -0.381. The van der Waals surface area contributed by atoms with Gasteiger partial charge in [0, 0.05) is 22.7 Å². The zero-order valence-corrected chi connectivity index (χ0v) is 13.3. The van der Waals surface area contributed by atoms with Crippen molar-refractivity contribution in [3.8, 4) is 0 Å². The third-order valence-corrected chi connectivity index (χ3v) is 4.48. The van der Waals surface area contributed by atoms with E-state index in [1.165, 1.54) is 22.9 Å². The number of halogens is 3. The van der Waals surface area contributed by atoms with Gasteiger partial charge in [0.1, 0.15) is 6.04 Å². The second kappa shape index (κ2) is 5.63. The first kappa shape index (κ1) is 16.0. The van der Waals surface area contributed by atoms with E-state index in [9.17, 15) is 18.0 Å². The number of nitrogens with zero attached hydrogens (tertiary/aromatic N) is 3. The fourth-order valence-corrected chi connectivity index (χ4v) is 2.94. The first-order valence-corrected chi connectivity index (χ1v) is 7.97. The second-order valence-corrected chi connectivity index (χ2v) is 6.85. The molecule has 1 aliphatic rings. The Labute approximate surface area is 134 Å². The number of hydrogen-bond donors (Lipinski definition) is 1. The summed E-state index contributed by atoms with van der Waals surface area (Å²) in [6.45, 7) is 3.39. The van der Waals surface area contributed by atoms with Gasteiger partial charge in [0.15, 0.2) is 10.8 Å². The van der Waals surface area contributed by atoms with Crippen LogP contribution in [0.4, 0.5) is 18.3 Å². The summed E-state index contributed by atoms with van der Waals surface area (Å²) in [5, 5.41) is 6.67. The number of rotatable bonds is 4. The van der Waals surface area contributed by atoms with Crippen molar-refractivity contribution in [2.75, 3.05) is 5.32 Å². The molecule has 3 rings (SSSR count). The number of carbonyl (C=O) groups is 1. The van der Waals surface area contributed by atoms with Gasteiger partial charge in [-0.2, -0.15) is 18.3 Å². The molecule has 9 heteroatoms. The molecule has 0 saturated heterocycles. The van der Waals surface area contributed by atoms with Gasteiger partial charge in [0.05, 0.1) is 0 Å². The van der Waals surface area contributed by atoms with E-state index in [-0.39, 0.29) is 5.92 Å². The van der Waals surface area contributed by atoms with Gasteiger partial charge in [-0.25, -0.2) is 4.98 Å². The van der Waals surface area contributed by atoms with E-state index in [2.05, 4.69) is 15.4 Å². The molecule has 0 unspecified atom stereocenters. The summed E-state index contributed by atoms with van der Waals surface area (Å²) in [6.07, 6.45) is -1.25. The molecule has 2 heterocycles. The van der Waals surface area contributed by atoms with Gasteiger partial charge in [-0.15, -0.1) is 11.3 Å². The molecular weight excluding hydrogens is 329 g/mol. The average molecular weight is 344 g/mol. The van der Waals surface area contributed by atoms with Gasteiger partial charge < -0.3 is 5.32 Å². The first-order valence-electron chi connectivity index (χ1n) is 7.15. The lowest BCUT2D eigenvalue weighted by Gasteiger charge is -2.14. The van der Waals surface area contributed by atoms with Crippen molar-refractivity contribution in [2.45, 2.75) is 44.8 Å². The van der Waals surface area contributed by atoms with E-state index >= 15 is 0 Å². The number of nitrogens with one attached hydrogen (secondary N) is 1. The maximum Gasteiger partial charge on any atom is 0.435 e. The minimum atomic E-state index is -4.52. The maximum atomic E-state index is 12.9. The zero-order chi connectivity index (χ0) is 16.8. The van der Waals surface area contributed by atoms with Crippen LogP contribution in [-0.2, 0) is 11.0 Å². The van der Waals surface area contributed by atoms with Crippen LogP contribution in [-0.4, -0.2) is 20.7 Å². The SMILES string of the molecule is Cc1cnc(NC(=O)[C@@H](C)n2nc(C(F)(F)F)cc2C2CC2)s1. The van der Waals surface area contributed by atoms with Gasteiger partial charge >= 0.3 is 6.18 Å². The third-order valence-electron chi connectivity index (χ3n) is 3.65. The molecule has 5 nitrogen and oxygen atoms in total. The van der Waals surface area contributed by atoms with Gasteiger partial charge in [0.2, 0.25) is 0 Å². The Bertz CT molecular complexity index is 733. The molecule has 0 spiro atoms. The van der Waals surface area contributed by atoms with Crippen LogP contribution in [0.25, 0.3) is 0 Å². The fourth-order valence-electron chi connectivity index (χ4n) is 2.28. The molecule has 2 aromatic heterocycles. The second-order valence-electron chi connectivity index (χ2n) is 5.61. The van der Waals surface area contributed by atoms with E-state index in [0.717, 1.165) is 23.8 Å². The van der Waals surface area contributed by atoms with Crippen LogP contribution in [0.3, 0.4) is 0 Å². The number of aromatic nitrogens is 3. The lowest BCUT2D eigenvalue weighted by atomic mass is 10.2. The van der Waals surface area contributed by atoms with Crippen LogP contribution >= 0.6 is 11.3 Å². The molecule has 1 N–H and O–H groups in total. The lowest BCUT2D eigenvalue weighted by Crippen LogP contribution is -2.26. The Balaban J connectivity index is 1.84. The normalized spacial score (nSPS) is 16.4. The molecule has 0 aliphatic heterocycles. The zero-order valence-electron chi connectivity index (χ0n) is 12.5. The summed E-state index contributed by atoms with van der Waals surface area (Å²) in [7, 11) is 0. The Morgan fingerprint density at radius 3 is 2.70 bits per heavy atom. The van der Waals surface area contributed by atoms with E-state index in [4.69, 9.17) is 0 Å². The van der Waals surface area contributed by atoms with Gasteiger partial charge in [-0.05, 0) is 32.8 Å². The highest BCUT2D eigenvalue weighted by Gasteiger charge is 2.39. The minimum absolute atomic E-state index is 0.0518. The Hall–Kier alpha value is -1.90. The summed E-state index contributed by atoms with van der Waals surface area (Å²) < 4.78 is 39.9. The van der Waals surface area contributed by atoms with Crippen molar-refractivity contribution < 1.29 is 18.0 Å². The van der Waals surface area contributed by atoms with Gasteiger partial charge in [0.25, 0.3) is 5.91 Å². The van der Waals surface area contributed by atoms with E-state index in [0.29, 0.717) is 10.8 Å². The van der Waals surface area contributed by atoms with Gasteiger partial charge in [-0.1, -0.05) is 0 Å². The summed E-state index contributed by atoms with van der Waals surface area (Å²) in [6, 6.07) is 0.209. The van der Waals surface area contributed by atoms with Crippen molar-refractivity contribution in [3.05, 3.63) is 28.5 Å². The molecule has 1 saturated carbocycles. The summed E-state index contributed by atoms with van der Waals surface area (Å²) in [5.41, 5.74) is -0.487. The standard InChI is InChI=1S/C14H15F3N4OS/c1-7-6-18-13(23-7)19-12(22)8(2)21-10(9-3-4-9)5-11(20-21)14(15,16)17/h5-6,8-9H,3-4H2,1-2H3,(H,18,19,22)/t8-/m1/s1. The predicted octanol–water partition coefficient (Wildman–Crippen LogP) is 3.74. The van der Waals surface area contributed by atoms with Crippen LogP contribution < -0.4 is 5.32 Å². The van der Waals surface area contributed by atoms with Crippen molar-refractivity contribution >= 4 is 22.4 Å². The molecule has 23 heavy (non-hydrogen) atoms. The molecule has 2 aromatic rings. The molecule has 0 bridgehead atoms. The number of carbonyl (C=O) groups excluding carboxylic acids is 1. The number of thiazole rings is 1. The fraction of sp³-hybridized carbons (Fsp3) is 0.500. The van der Waals surface area contributed by atoms with E-state index < -0.39 is 23.8 Å². The molecule has 0 aromatic carbocycles. The number of alkyl halides is 3. The Morgan fingerprint density at radius 1 is 1.48 bits per heavy atom. The number of anilines is 1. The van der Waals surface area contributed by atoms with E-state index in [1.54, 1.807) is 6.20 Å². The minimum Gasteiger partial charge on any atom is -0.300 e. The number of aryl methyl sites for hydroxylation is 1. The van der Waals surface area contributed by atoms with Crippen molar-refractivity contribution in [3.63, 3.8) is 0 Å². The van der Waals surface area contributed by atoms with Crippen molar-refractivity contribution in [2.24, 2.45) is 0 Å². The largest absolute Gasteiger partial charge is 0.435 e. The Kier molecular flexibility index (Phi) is 3.91. The number of hydrogen-bond acceptors (Lipinski definition) is 4. The average Bonchev–Trinajstić information content (AvgIpc) is 3.07. The monoisotopic (exact) mass is 344 g/mol. The van der Waals surface area contributed by atoms with Crippen LogP contribution in [0.1, 0.15) is 48.0 Å². The molecule has 0 radical (unpaired) electrons. The highest BCUT2D eigenvalue weighted by molar-refractivity contribution is 7.15. The van der Waals surface area contributed by atoms with Crippen molar-refractivity contribution in [1.29, 1.82) is 0 Å².